The fourth-order valence-electron chi connectivity index (χ4n) is 2.32. The molecule has 7 nitrogen and oxygen atoms in total. The third-order valence-electron chi connectivity index (χ3n) is 3.61. The van der Waals surface area contributed by atoms with Crippen molar-refractivity contribution in [2.45, 2.75) is 18.2 Å². The molecule has 1 aromatic heterocycles. The monoisotopic (exact) mass is 299 g/mol. The highest BCUT2D eigenvalue weighted by Gasteiger charge is 2.44. The number of aromatic amines is 1. The van der Waals surface area contributed by atoms with Crippen LogP contribution in [0.4, 0.5) is 0 Å². The molecule has 1 atom stereocenters. The van der Waals surface area contributed by atoms with Crippen molar-refractivity contribution in [2.75, 3.05) is 20.1 Å². The summed E-state index contributed by atoms with van der Waals surface area (Å²) in [6, 6.07) is 2.44. The molecule has 1 amide bonds. The Bertz CT molecular complexity index is 662. The van der Waals surface area contributed by atoms with Gasteiger partial charge in [-0.1, -0.05) is 0 Å². The molecule has 2 heterocycles. The molecule has 0 aromatic carbocycles. The lowest BCUT2D eigenvalue weighted by molar-refractivity contribution is -0.128. The van der Waals surface area contributed by atoms with Crippen molar-refractivity contribution in [3.63, 3.8) is 0 Å². The van der Waals surface area contributed by atoms with E-state index in [9.17, 15) is 18.0 Å². The minimum Gasteiger partial charge on any atom is -0.359 e. The molecule has 20 heavy (non-hydrogen) atoms. The van der Waals surface area contributed by atoms with Gasteiger partial charge in [0.1, 0.15) is 0 Å². The second-order valence-electron chi connectivity index (χ2n) is 5.12. The van der Waals surface area contributed by atoms with E-state index < -0.39 is 15.4 Å². The number of pyridine rings is 1. The van der Waals surface area contributed by atoms with Crippen LogP contribution in [0.1, 0.15) is 13.3 Å². The predicted octanol–water partition coefficient (Wildman–Crippen LogP) is -0.478. The molecule has 0 spiro atoms. The first-order chi connectivity index (χ1) is 9.29. The van der Waals surface area contributed by atoms with Crippen LogP contribution in [0.3, 0.4) is 0 Å². The number of hydrogen-bond acceptors (Lipinski definition) is 4. The summed E-state index contributed by atoms with van der Waals surface area (Å²) in [5, 5.41) is 2.56. The van der Waals surface area contributed by atoms with Gasteiger partial charge in [-0.3, -0.25) is 9.59 Å². The van der Waals surface area contributed by atoms with E-state index >= 15 is 0 Å². The summed E-state index contributed by atoms with van der Waals surface area (Å²) in [6.07, 6.45) is 1.64. The number of amides is 1. The second-order valence-corrected chi connectivity index (χ2v) is 7.05. The summed E-state index contributed by atoms with van der Waals surface area (Å²) in [5.74, 6) is -0.170. The third-order valence-corrected chi connectivity index (χ3v) is 5.45. The van der Waals surface area contributed by atoms with Gasteiger partial charge in [0, 0.05) is 32.4 Å². The molecule has 0 radical (unpaired) electrons. The second kappa shape index (κ2) is 5.02. The summed E-state index contributed by atoms with van der Waals surface area (Å²) < 4.78 is 26.1. The average Bonchev–Trinajstić information content (AvgIpc) is 2.83. The molecule has 110 valence electrons. The van der Waals surface area contributed by atoms with Crippen LogP contribution < -0.4 is 10.9 Å². The normalized spacial score (nSPS) is 23.7. The number of carbonyl (C=O) groups excluding carboxylic acids is 1. The Morgan fingerprint density at radius 3 is 2.70 bits per heavy atom. The summed E-state index contributed by atoms with van der Waals surface area (Å²) in [7, 11) is -2.15. The van der Waals surface area contributed by atoms with Crippen molar-refractivity contribution in [1.29, 1.82) is 0 Å². The quantitative estimate of drug-likeness (QED) is 0.787. The van der Waals surface area contributed by atoms with Crippen molar-refractivity contribution < 1.29 is 13.2 Å². The van der Waals surface area contributed by atoms with Gasteiger partial charge in [-0.05, 0) is 19.4 Å². The van der Waals surface area contributed by atoms with Gasteiger partial charge < -0.3 is 10.3 Å². The number of sulfonamides is 1. The summed E-state index contributed by atoms with van der Waals surface area (Å²) in [5.41, 5.74) is -1.08. The molecule has 2 N–H and O–H groups in total. The van der Waals surface area contributed by atoms with Gasteiger partial charge in [-0.15, -0.1) is 0 Å². The number of nitrogens with one attached hydrogen (secondary N) is 2. The highest BCUT2D eigenvalue weighted by Crippen LogP contribution is 2.33. The van der Waals surface area contributed by atoms with Crippen molar-refractivity contribution in [3.8, 4) is 0 Å². The average molecular weight is 299 g/mol. The molecule has 1 aliphatic heterocycles. The minimum absolute atomic E-state index is 0.0262. The van der Waals surface area contributed by atoms with Crippen LogP contribution in [0.2, 0.25) is 0 Å². The van der Waals surface area contributed by atoms with Crippen molar-refractivity contribution in [2.24, 2.45) is 5.41 Å². The van der Waals surface area contributed by atoms with Crippen LogP contribution in [0.15, 0.2) is 28.0 Å². The lowest BCUT2D eigenvalue weighted by Crippen LogP contribution is -2.40. The zero-order valence-electron chi connectivity index (χ0n) is 11.3. The standard InChI is InChI=1S/C12H17N3O4S/c1-12(11(17)13-2)5-6-15(8-12)20(18,19)9-3-4-10(16)14-7-9/h3-4,7H,5-6,8H2,1-2H3,(H,13,17)(H,14,16). The summed E-state index contributed by atoms with van der Waals surface area (Å²) in [4.78, 5) is 25.2. The number of hydrogen-bond donors (Lipinski definition) is 2. The Labute approximate surface area is 117 Å². The van der Waals surface area contributed by atoms with E-state index in [-0.39, 0.29) is 29.5 Å². The first kappa shape index (κ1) is 14.7. The number of H-pyrrole nitrogens is 1. The minimum atomic E-state index is -3.69. The van der Waals surface area contributed by atoms with E-state index in [0.717, 1.165) is 0 Å². The fraction of sp³-hybridized carbons (Fsp3) is 0.500. The lowest BCUT2D eigenvalue weighted by atomic mass is 9.89. The van der Waals surface area contributed by atoms with Gasteiger partial charge in [0.25, 0.3) is 0 Å². The van der Waals surface area contributed by atoms with Gasteiger partial charge in [0.05, 0.1) is 10.3 Å². The Kier molecular flexibility index (Phi) is 3.70. The zero-order chi connectivity index (χ0) is 15.0. The summed E-state index contributed by atoms with van der Waals surface area (Å²) in [6.45, 7) is 2.16. The molecule has 1 aromatic rings. The van der Waals surface area contributed by atoms with Gasteiger partial charge in [-0.25, -0.2) is 8.42 Å². The molecule has 1 unspecified atom stereocenters. The van der Waals surface area contributed by atoms with E-state index in [4.69, 9.17) is 0 Å². The third kappa shape index (κ3) is 2.48. The molecule has 1 fully saturated rings. The van der Waals surface area contributed by atoms with Crippen LogP contribution in [0.5, 0.6) is 0 Å². The molecule has 0 aliphatic carbocycles. The van der Waals surface area contributed by atoms with E-state index in [1.54, 1.807) is 6.92 Å². The van der Waals surface area contributed by atoms with Crippen molar-refractivity contribution >= 4 is 15.9 Å². The largest absolute Gasteiger partial charge is 0.359 e. The lowest BCUT2D eigenvalue weighted by Gasteiger charge is -2.22. The van der Waals surface area contributed by atoms with Crippen LogP contribution in [-0.4, -0.2) is 43.8 Å². The first-order valence-electron chi connectivity index (χ1n) is 6.21. The predicted molar refractivity (Wildman–Crippen MR) is 72.6 cm³/mol. The number of carbonyl (C=O) groups is 1. The fourth-order valence-corrected chi connectivity index (χ4v) is 3.85. The number of nitrogens with zero attached hydrogens (tertiary/aromatic N) is 1. The highest BCUT2D eigenvalue weighted by atomic mass is 32.2. The Hall–Kier alpha value is -1.67. The van der Waals surface area contributed by atoms with Gasteiger partial charge in [0.2, 0.25) is 21.5 Å². The van der Waals surface area contributed by atoms with Crippen molar-refractivity contribution in [3.05, 3.63) is 28.7 Å². The molecular formula is C12H17N3O4S. The zero-order valence-corrected chi connectivity index (χ0v) is 12.2. The molecule has 1 aliphatic rings. The maximum absolute atomic E-state index is 12.4. The first-order valence-corrected chi connectivity index (χ1v) is 7.65. The maximum atomic E-state index is 12.4. The van der Waals surface area contributed by atoms with E-state index in [1.165, 1.54) is 29.7 Å². The Balaban J connectivity index is 2.27. The smallest absolute Gasteiger partial charge is 0.247 e. The van der Waals surface area contributed by atoms with Gasteiger partial charge >= 0.3 is 0 Å². The van der Waals surface area contributed by atoms with E-state index in [2.05, 4.69) is 10.3 Å². The molecule has 1 saturated heterocycles. The van der Waals surface area contributed by atoms with E-state index in [0.29, 0.717) is 6.42 Å². The summed E-state index contributed by atoms with van der Waals surface area (Å²) >= 11 is 0. The molecule has 0 saturated carbocycles. The maximum Gasteiger partial charge on any atom is 0.247 e. The Morgan fingerprint density at radius 2 is 2.15 bits per heavy atom. The van der Waals surface area contributed by atoms with Crippen LogP contribution in [-0.2, 0) is 14.8 Å². The topological polar surface area (TPSA) is 99.3 Å². The van der Waals surface area contributed by atoms with Crippen LogP contribution in [0, 0.1) is 5.41 Å². The van der Waals surface area contributed by atoms with Gasteiger partial charge in [0.15, 0.2) is 0 Å². The highest BCUT2D eigenvalue weighted by molar-refractivity contribution is 7.89. The van der Waals surface area contributed by atoms with Crippen LogP contribution >= 0.6 is 0 Å². The molecular weight excluding hydrogens is 282 g/mol. The van der Waals surface area contributed by atoms with Gasteiger partial charge in [-0.2, -0.15) is 4.31 Å². The molecule has 8 heteroatoms. The molecule has 2 rings (SSSR count). The SMILES string of the molecule is CNC(=O)C1(C)CCN(S(=O)(=O)c2ccc(=O)[nH]c2)C1. The van der Waals surface area contributed by atoms with Crippen molar-refractivity contribution in [1.82, 2.24) is 14.6 Å². The van der Waals surface area contributed by atoms with Crippen LogP contribution in [0.25, 0.3) is 0 Å². The number of rotatable bonds is 3. The Morgan fingerprint density at radius 1 is 1.45 bits per heavy atom. The number of aromatic nitrogens is 1. The van der Waals surface area contributed by atoms with E-state index in [1.807, 2.05) is 0 Å². The molecule has 0 bridgehead atoms.